The topological polar surface area (TPSA) is 69.0 Å². The normalized spacial score (nSPS) is 10.5. The van der Waals surface area contributed by atoms with Gasteiger partial charge in [0.05, 0.1) is 0 Å². The summed E-state index contributed by atoms with van der Waals surface area (Å²) in [5, 5.41) is 2.87. The predicted octanol–water partition coefficient (Wildman–Crippen LogP) is 4.92. The van der Waals surface area contributed by atoms with Crippen LogP contribution in [0.1, 0.15) is 10.4 Å². The Balaban J connectivity index is 1.43. The molecular formula is C21H15IN4O2. The number of nitrogens with one attached hydrogen (secondary N) is 1. The molecule has 0 spiro atoms. The highest BCUT2D eigenvalue weighted by Gasteiger charge is 2.07. The van der Waals surface area contributed by atoms with Gasteiger partial charge in [0.15, 0.2) is 0 Å². The Kier molecular flexibility index (Phi) is 5.34. The van der Waals surface area contributed by atoms with Crippen LogP contribution in [0.15, 0.2) is 85.5 Å². The third kappa shape index (κ3) is 4.37. The van der Waals surface area contributed by atoms with Crippen LogP contribution in [-0.2, 0) is 0 Å². The second kappa shape index (κ2) is 8.22. The van der Waals surface area contributed by atoms with E-state index in [1.165, 1.54) is 6.33 Å². The number of carbonyl (C=O) groups excluding carboxylic acids is 1. The standard InChI is InChI=1S/C21H15IN4O2/c22-16-5-3-15(4-6-16)21(27)25-17-7-9-18(10-8-17)28-20-13-19(23-14-24-20)26-11-1-2-12-26/h1-14H,(H,25,27). The first-order valence-electron chi connectivity index (χ1n) is 8.48. The van der Waals surface area contributed by atoms with Crippen molar-refractivity contribution in [3.63, 3.8) is 0 Å². The molecule has 1 N–H and O–H groups in total. The fourth-order valence-corrected chi connectivity index (χ4v) is 2.91. The summed E-state index contributed by atoms with van der Waals surface area (Å²) in [6.45, 7) is 0. The van der Waals surface area contributed by atoms with Crippen LogP contribution in [-0.4, -0.2) is 20.4 Å². The van der Waals surface area contributed by atoms with E-state index in [9.17, 15) is 4.79 Å². The zero-order chi connectivity index (χ0) is 19.3. The van der Waals surface area contributed by atoms with Crippen molar-refractivity contribution >= 4 is 34.2 Å². The monoisotopic (exact) mass is 482 g/mol. The quantitative estimate of drug-likeness (QED) is 0.411. The molecule has 0 radical (unpaired) electrons. The first kappa shape index (κ1) is 18.2. The van der Waals surface area contributed by atoms with Crippen LogP contribution in [0.3, 0.4) is 0 Å². The molecule has 0 unspecified atom stereocenters. The Hall–Kier alpha value is -3.20. The highest BCUT2D eigenvalue weighted by atomic mass is 127. The number of carbonyl (C=O) groups is 1. The Bertz CT molecular complexity index is 1080. The van der Waals surface area contributed by atoms with Gasteiger partial charge in [-0.1, -0.05) is 0 Å². The predicted molar refractivity (Wildman–Crippen MR) is 115 cm³/mol. The van der Waals surface area contributed by atoms with E-state index in [0.29, 0.717) is 22.9 Å². The largest absolute Gasteiger partial charge is 0.439 e. The van der Waals surface area contributed by atoms with Gasteiger partial charge in [-0.2, -0.15) is 0 Å². The maximum Gasteiger partial charge on any atom is 0.255 e. The number of amides is 1. The summed E-state index contributed by atoms with van der Waals surface area (Å²) in [7, 11) is 0. The summed E-state index contributed by atoms with van der Waals surface area (Å²) in [6.07, 6.45) is 5.26. The lowest BCUT2D eigenvalue weighted by Crippen LogP contribution is -2.11. The fourth-order valence-electron chi connectivity index (χ4n) is 2.55. The Morgan fingerprint density at radius 3 is 2.39 bits per heavy atom. The Labute approximate surface area is 175 Å². The van der Waals surface area contributed by atoms with E-state index >= 15 is 0 Å². The molecule has 138 valence electrons. The molecule has 7 heteroatoms. The molecule has 2 heterocycles. The van der Waals surface area contributed by atoms with E-state index in [1.807, 2.05) is 41.2 Å². The molecule has 0 saturated carbocycles. The van der Waals surface area contributed by atoms with Gasteiger partial charge >= 0.3 is 0 Å². The highest BCUT2D eigenvalue weighted by Crippen LogP contribution is 2.22. The van der Waals surface area contributed by atoms with Crippen molar-refractivity contribution in [2.24, 2.45) is 0 Å². The molecular weight excluding hydrogens is 467 g/mol. The van der Waals surface area contributed by atoms with Crippen LogP contribution < -0.4 is 10.1 Å². The lowest BCUT2D eigenvalue weighted by molar-refractivity contribution is 0.102. The Morgan fingerprint density at radius 1 is 0.964 bits per heavy atom. The van der Waals surface area contributed by atoms with Crippen molar-refractivity contribution in [2.45, 2.75) is 0 Å². The number of ether oxygens (including phenoxy) is 1. The summed E-state index contributed by atoms with van der Waals surface area (Å²) in [5.41, 5.74) is 1.30. The van der Waals surface area contributed by atoms with Crippen molar-refractivity contribution in [1.29, 1.82) is 0 Å². The molecule has 2 aromatic heterocycles. The second-order valence-electron chi connectivity index (χ2n) is 5.89. The van der Waals surface area contributed by atoms with E-state index in [2.05, 4.69) is 37.9 Å². The third-order valence-electron chi connectivity index (χ3n) is 3.94. The van der Waals surface area contributed by atoms with E-state index in [0.717, 1.165) is 9.39 Å². The maximum atomic E-state index is 12.3. The van der Waals surface area contributed by atoms with Crippen LogP contribution >= 0.6 is 22.6 Å². The zero-order valence-corrected chi connectivity index (χ0v) is 16.8. The molecule has 28 heavy (non-hydrogen) atoms. The van der Waals surface area contributed by atoms with Gasteiger partial charge in [-0.3, -0.25) is 4.79 Å². The van der Waals surface area contributed by atoms with Crippen molar-refractivity contribution < 1.29 is 9.53 Å². The average Bonchev–Trinajstić information content (AvgIpc) is 3.25. The summed E-state index contributed by atoms with van der Waals surface area (Å²) >= 11 is 2.20. The number of anilines is 1. The molecule has 6 nitrogen and oxygen atoms in total. The first-order valence-corrected chi connectivity index (χ1v) is 9.55. The molecule has 1 amide bonds. The zero-order valence-electron chi connectivity index (χ0n) is 14.6. The number of hydrogen-bond acceptors (Lipinski definition) is 4. The summed E-state index contributed by atoms with van der Waals surface area (Å²) in [4.78, 5) is 20.7. The van der Waals surface area contributed by atoms with Crippen molar-refractivity contribution in [3.8, 4) is 17.4 Å². The van der Waals surface area contributed by atoms with Crippen LogP contribution in [0.25, 0.3) is 5.82 Å². The number of benzene rings is 2. The Morgan fingerprint density at radius 2 is 1.68 bits per heavy atom. The number of nitrogens with zero attached hydrogens (tertiary/aromatic N) is 3. The van der Waals surface area contributed by atoms with Gasteiger partial charge in [-0.05, 0) is 83.3 Å². The average molecular weight is 482 g/mol. The van der Waals surface area contributed by atoms with E-state index in [1.54, 1.807) is 42.5 Å². The third-order valence-corrected chi connectivity index (χ3v) is 4.66. The van der Waals surface area contributed by atoms with E-state index < -0.39 is 0 Å². The van der Waals surface area contributed by atoms with Gasteiger partial charge in [-0.15, -0.1) is 0 Å². The van der Waals surface area contributed by atoms with Gasteiger partial charge in [0.1, 0.15) is 17.9 Å². The molecule has 0 aliphatic rings. The number of hydrogen-bond donors (Lipinski definition) is 1. The van der Waals surface area contributed by atoms with E-state index in [-0.39, 0.29) is 5.91 Å². The van der Waals surface area contributed by atoms with Gasteiger partial charge in [0.2, 0.25) is 5.88 Å². The molecule has 4 rings (SSSR count). The van der Waals surface area contributed by atoms with Gasteiger partial charge in [0.25, 0.3) is 5.91 Å². The van der Waals surface area contributed by atoms with Crippen LogP contribution in [0, 0.1) is 3.57 Å². The molecule has 4 aromatic rings. The molecule has 0 bridgehead atoms. The lowest BCUT2D eigenvalue weighted by Gasteiger charge is -2.09. The summed E-state index contributed by atoms with van der Waals surface area (Å²) in [6, 6.07) is 20.1. The molecule has 0 atom stereocenters. The first-order chi connectivity index (χ1) is 13.7. The van der Waals surface area contributed by atoms with Crippen LogP contribution in [0.5, 0.6) is 11.6 Å². The molecule has 0 saturated heterocycles. The fraction of sp³-hybridized carbons (Fsp3) is 0. The van der Waals surface area contributed by atoms with Crippen molar-refractivity contribution in [2.75, 3.05) is 5.32 Å². The molecule has 0 aliphatic carbocycles. The van der Waals surface area contributed by atoms with E-state index in [4.69, 9.17) is 4.74 Å². The second-order valence-corrected chi connectivity index (χ2v) is 7.14. The molecule has 0 aliphatic heterocycles. The molecule has 0 fully saturated rings. The highest BCUT2D eigenvalue weighted by molar-refractivity contribution is 14.1. The minimum atomic E-state index is -0.155. The minimum absolute atomic E-state index is 0.155. The SMILES string of the molecule is O=C(Nc1ccc(Oc2cc(-n3cccc3)ncn2)cc1)c1ccc(I)cc1. The van der Waals surface area contributed by atoms with Crippen LogP contribution in [0.2, 0.25) is 0 Å². The van der Waals surface area contributed by atoms with Gasteiger partial charge in [0, 0.05) is 33.3 Å². The van der Waals surface area contributed by atoms with Crippen molar-refractivity contribution in [1.82, 2.24) is 14.5 Å². The smallest absolute Gasteiger partial charge is 0.255 e. The van der Waals surface area contributed by atoms with Crippen LogP contribution in [0.4, 0.5) is 5.69 Å². The number of halogens is 1. The number of rotatable bonds is 5. The lowest BCUT2D eigenvalue weighted by atomic mass is 10.2. The van der Waals surface area contributed by atoms with Gasteiger partial charge in [-0.25, -0.2) is 9.97 Å². The summed E-state index contributed by atoms with van der Waals surface area (Å²) in [5.74, 6) is 1.62. The maximum absolute atomic E-state index is 12.3. The number of aromatic nitrogens is 3. The van der Waals surface area contributed by atoms with Crippen molar-refractivity contribution in [3.05, 3.63) is 94.6 Å². The summed E-state index contributed by atoms with van der Waals surface area (Å²) < 4.78 is 8.75. The minimum Gasteiger partial charge on any atom is -0.439 e. The molecule has 2 aromatic carbocycles. The van der Waals surface area contributed by atoms with Gasteiger partial charge < -0.3 is 14.6 Å².